The first-order chi connectivity index (χ1) is 16.4. The molecule has 0 saturated heterocycles. The summed E-state index contributed by atoms with van der Waals surface area (Å²) >= 11 is 0. The zero-order chi connectivity index (χ0) is 25.1. The minimum atomic E-state index is -0.201. The Morgan fingerprint density at radius 3 is 2.03 bits per heavy atom. The lowest BCUT2D eigenvalue weighted by atomic mass is 9.72. The van der Waals surface area contributed by atoms with Crippen LogP contribution in [0, 0.1) is 20.8 Å². The third-order valence-electron chi connectivity index (χ3n) is 8.71. The number of phenolic OH excluding ortho intramolecular Hbond substituents is 1. The van der Waals surface area contributed by atoms with Gasteiger partial charge >= 0.3 is 0 Å². The fourth-order valence-electron chi connectivity index (χ4n) is 6.94. The molecule has 35 heavy (non-hydrogen) atoms. The van der Waals surface area contributed by atoms with Crippen molar-refractivity contribution < 1.29 is 19.3 Å². The maximum atomic E-state index is 10.6. The fraction of sp³-hybridized carbons (Fsp3) is 0.433. The molecule has 0 saturated carbocycles. The Kier molecular flexibility index (Phi) is 4.27. The number of rotatable bonds is 1. The summed E-state index contributed by atoms with van der Waals surface area (Å²) in [7, 11) is 1.61. The average Bonchev–Trinajstić information content (AvgIpc) is 3.13. The first-order valence-electron chi connectivity index (χ1n) is 12.3. The van der Waals surface area contributed by atoms with Crippen LogP contribution >= 0.6 is 0 Å². The number of pyridine rings is 1. The number of aromatic hydroxyl groups is 1. The van der Waals surface area contributed by atoms with Crippen molar-refractivity contribution >= 4 is 0 Å². The van der Waals surface area contributed by atoms with E-state index < -0.39 is 0 Å². The summed E-state index contributed by atoms with van der Waals surface area (Å²) in [5.41, 5.74) is 7.76. The van der Waals surface area contributed by atoms with E-state index >= 15 is 0 Å². The predicted octanol–water partition coefficient (Wildman–Crippen LogP) is 7.27. The first kappa shape index (κ1) is 22.3. The van der Waals surface area contributed by atoms with Crippen LogP contribution in [0.2, 0.25) is 0 Å². The molecule has 3 aliphatic rings. The van der Waals surface area contributed by atoms with E-state index in [-0.39, 0.29) is 22.0 Å². The van der Waals surface area contributed by atoms with Gasteiger partial charge in [-0.1, -0.05) is 27.7 Å². The topological polar surface area (TPSA) is 60.8 Å². The second-order valence-electron chi connectivity index (χ2n) is 11.9. The molecular weight excluding hydrogens is 438 g/mol. The predicted molar refractivity (Wildman–Crippen MR) is 136 cm³/mol. The molecule has 0 radical (unpaired) electrons. The Morgan fingerprint density at radius 2 is 1.37 bits per heavy atom. The van der Waals surface area contributed by atoms with Gasteiger partial charge in [-0.3, -0.25) is 0 Å². The van der Waals surface area contributed by atoms with Crippen LogP contribution in [0.1, 0.15) is 79.6 Å². The third kappa shape index (κ3) is 2.84. The molecule has 6 rings (SSSR count). The molecule has 1 unspecified atom stereocenters. The first-order valence-corrected chi connectivity index (χ1v) is 12.3. The Balaban J connectivity index is 1.57. The number of hydrogen-bond donors (Lipinski definition) is 1. The van der Waals surface area contributed by atoms with Gasteiger partial charge in [0.2, 0.25) is 0 Å². The molecule has 1 aliphatic heterocycles. The zero-order valence-corrected chi connectivity index (χ0v) is 21.8. The van der Waals surface area contributed by atoms with Gasteiger partial charge in [0.25, 0.3) is 5.88 Å². The Morgan fingerprint density at radius 1 is 0.800 bits per heavy atom. The van der Waals surface area contributed by atoms with Crippen molar-refractivity contribution in [1.29, 1.82) is 0 Å². The lowest BCUT2D eigenvalue weighted by Crippen LogP contribution is -2.27. The van der Waals surface area contributed by atoms with Gasteiger partial charge in [0.05, 0.1) is 7.11 Å². The van der Waals surface area contributed by atoms with E-state index in [0.29, 0.717) is 17.4 Å². The minimum absolute atomic E-state index is 0.0661. The normalized spacial score (nSPS) is 22.1. The van der Waals surface area contributed by atoms with Crippen molar-refractivity contribution in [2.45, 2.75) is 77.6 Å². The molecule has 0 fully saturated rings. The number of aromatic nitrogens is 1. The van der Waals surface area contributed by atoms with E-state index in [4.69, 9.17) is 14.2 Å². The van der Waals surface area contributed by atoms with E-state index in [1.807, 2.05) is 13.0 Å². The molecule has 1 atom stereocenters. The molecular formula is C30H33NO4. The van der Waals surface area contributed by atoms with Crippen LogP contribution in [-0.4, -0.2) is 17.2 Å². The SMILES string of the molecule is COc1cc2c(cc1O)C(C)(C)CC21CC(C)(C)c2cc3c(cc21)Oc1c(nc(C)c(C)c1C)O3. The molecule has 1 N–H and O–H groups in total. The summed E-state index contributed by atoms with van der Waals surface area (Å²) in [6.45, 7) is 15.3. The highest BCUT2D eigenvalue weighted by atomic mass is 16.6. The molecule has 0 amide bonds. The van der Waals surface area contributed by atoms with E-state index in [0.717, 1.165) is 41.2 Å². The Labute approximate surface area is 207 Å². The Hall–Kier alpha value is -3.21. The molecule has 1 spiro atoms. The van der Waals surface area contributed by atoms with Crippen LogP contribution in [0.4, 0.5) is 0 Å². The van der Waals surface area contributed by atoms with Gasteiger partial charge in [0, 0.05) is 16.7 Å². The monoisotopic (exact) mass is 471 g/mol. The number of phenols is 1. The fourth-order valence-corrected chi connectivity index (χ4v) is 6.94. The smallest absolute Gasteiger partial charge is 0.263 e. The van der Waals surface area contributed by atoms with Crippen molar-refractivity contribution in [3.05, 3.63) is 63.3 Å². The summed E-state index contributed by atoms with van der Waals surface area (Å²) in [5, 5.41) is 10.6. The summed E-state index contributed by atoms with van der Waals surface area (Å²) in [6, 6.07) is 8.32. The largest absolute Gasteiger partial charge is 0.504 e. The maximum Gasteiger partial charge on any atom is 0.263 e. The second kappa shape index (κ2) is 6.71. The van der Waals surface area contributed by atoms with Gasteiger partial charge in [0.1, 0.15) is 0 Å². The van der Waals surface area contributed by atoms with E-state index in [9.17, 15) is 5.11 Å². The second-order valence-corrected chi connectivity index (χ2v) is 11.9. The standard InChI is InChI=1S/C30H33NO4/c1-15-16(2)26-27(31-17(15)3)35-25-10-19-21(12-24(25)34-26)30(14-29(19,6)7)13-28(4,5)18-9-22(32)23(33-8)11-20(18)30/h9-12,32H,13-14H2,1-8H3. The van der Waals surface area contributed by atoms with Gasteiger partial charge in [-0.2, -0.15) is 0 Å². The number of ether oxygens (including phenoxy) is 3. The molecule has 5 nitrogen and oxygen atoms in total. The highest BCUT2D eigenvalue weighted by Crippen LogP contribution is 2.65. The highest BCUT2D eigenvalue weighted by molar-refractivity contribution is 5.67. The van der Waals surface area contributed by atoms with E-state index in [2.05, 4.69) is 64.7 Å². The van der Waals surface area contributed by atoms with Gasteiger partial charge in [0.15, 0.2) is 28.7 Å². The number of fused-ring (bicyclic) bond motifs is 6. The summed E-state index contributed by atoms with van der Waals surface area (Å²) in [6.07, 6.45) is 1.92. The van der Waals surface area contributed by atoms with E-state index in [1.165, 1.54) is 22.3 Å². The van der Waals surface area contributed by atoms with Crippen molar-refractivity contribution in [3.8, 4) is 34.6 Å². The van der Waals surface area contributed by atoms with E-state index in [1.54, 1.807) is 7.11 Å². The molecule has 2 heterocycles. The highest BCUT2D eigenvalue weighted by Gasteiger charge is 2.57. The molecule has 0 bridgehead atoms. The van der Waals surface area contributed by atoms with Gasteiger partial charge in [-0.15, -0.1) is 0 Å². The number of methoxy groups -OCH3 is 1. The number of nitrogens with zero attached hydrogens (tertiary/aromatic N) is 1. The van der Waals surface area contributed by atoms with Crippen LogP contribution in [0.3, 0.4) is 0 Å². The number of aryl methyl sites for hydroxylation is 1. The maximum absolute atomic E-state index is 10.6. The van der Waals surface area contributed by atoms with Gasteiger partial charge in [-0.05, 0) is 96.5 Å². The summed E-state index contributed by atoms with van der Waals surface area (Å²) < 4.78 is 18.4. The van der Waals surface area contributed by atoms with Crippen LogP contribution in [-0.2, 0) is 16.2 Å². The van der Waals surface area contributed by atoms with Crippen LogP contribution in [0.15, 0.2) is 24.3 Å². The van der Waals surface area contributed by atoms with Crippen molar-refractivity contribution in [2.24, 2.45) is 0 Å². The molecule has 2 aliphatic carbocycles. The molecule has 2 aromatic carbocycles. The quantitative estimate of drug-likeness (QED) is 0.316. The molecule has 5 heteroatoms. The lowest BCUT2D eigenvalue weighted by Gasteiger charge is -2.31. The van der Waals surface area contributed by atoms with Gasteiger partial charge < -0.3 is 19.3 Å². The van der Waals surface area contributed by atoms with Gasteiger partial charge in [-0.25, -0.2) is 4.98 Å². The lowest BCUT2D eigenvalue weighted by molar-refractivity contribution is 0.342. The summed E-state index contributed by atoms with van der Waals surface area (Å²) in [5.74, 6) is 3.41. The van der Waals surface area contributed by atoms with Crippen molar-refractivity contribution in [2.75, 3.05) is 7.11 Å². The van der Waals surface area contributed by atoms with Crippen molar-refractivity contribution in [3.63, 3.8) is 0 Å². The molecule has 182 valence electrons. The van der Waals surface area contributed by atoms with Crippen LogP contribution < -0.4 is 14.2 Å². The minimum Gasteiger partial charge on any atom is -0.504 e. The zero-order valence-electron chi connectivity index (χ0n) is 21.8. The number of benzene rings is 2. The summed E-state index contributed by atoms with van der Waals surface area (Å²) in [4.78, 5) is 4.67. The van der Waals surface area contributed by atoms with Crippen LogP contribution in [0.25, 0.3) is 0 Å². The molecule has 1 aromatic heterocycles. The Bertz CT molecular complexity index is 1440. The number of hydrogen-bond acceptors (Lipinski definition) is 5. The average molecular weight is 472 g/mol. The van der Waals surface area contributed by atoms with Crippen molar-refractivity contribution in [1.82, 2.24) is 4.98 Å². The molecule has 3 aromatic rings. The van der Waals surface area contributed by atoms with Crippen LogP contribution in [0.5, 0.6) is 34.6 Å². The third-order valence-corrected chi connectivity index (χ3v) is 8.71.